The molecule has 0 aliphatic carbocycles. The van der Waals surface area contributed by atoms with E-state index in [0.29, 0.717) is 5.69 Å². The smallest absolute Gasteiger partial charge is 0.248 e. The molecule has 0 fully saturated rings. The lowest BCUT2D eigenvalue weighted by atomic mass is 10.2. The first-order valence-electron chi connectivity index (χ1n) is 6.46. The quantitative estimate of drug-likeness (QED) is 0.749. The van der Waals surface area contributed by atoms with Gasteiger partial charge >= 0.3 is 0 Å². The third kappa shape index (κ3) is 3.14. The third-order valence-electron chi connectivity index (χ3n) is 2.99. The Balaban J connectivity index is 1.78. The highest BCUT2D eigenvalue weighted by atomic mass is 32.1. The molecule has 1 aromatic carbocycles. The van der Waals surface area contributed by atoms with Crippen molar-refractivity contribution in [3.8, 4) is 0 Å². The van der Waals surface area contributed by atoms with Crippen LogP contribution in [-0.4, -0.2) is 15.9 Å². The molecule has 1 amide bonds. The minimum Gasteiger partial charge on any atom is -0.322 e. The summed E-state index contributed by atoms with van der Waals surface area (Å²) in [4.78, 5) is 21.5. The van der Waals surface area contributed by atoms with Gasteiger partial charge in [0.2, 0.25) is 5.91 Å². The molecule has 104 valence electrons. The molecule has 2 aromatic heterocycles. The molecule has 21 heavy (non-hydrogen) atoms. The molecule has 0 saturated heterocycles. The van der Waals surface area contributed by atoms with E-state index < -0.39 is 0 Å². The van der Waals surface area contributed by atoms with Crippen LogP contribution in [0.25, 0.3) is 16.6 Å². The molecule has 2 heterocycles. The van der Waals surface area contributed by atoms with Crippen LogP contribution in [0.5, 0.6) is 0 Å². The second-order valence-electron chi connectivity index (χ2n) is 4.55. The number of hydrogen-bond donors (Lipinski definition) is 1. The molecule has 4 nitrogen and oxygen atoms in total. The lowest BCUT2D eigenvalue weighted by molar-refractivity contribution is -0.111. The fraction of sp³-hybridized carbons (Fsp3) is 0.0625. The number of hydrogen-bond acceptors (Lipinski definition) is 4. The van der Waals surface area contributed by atoms with Crippen molar-refractivity contribution in [2.75, 3.05) is 5.32 Å². The van der Waals surface area contributed by atoms with E-state index >= 15 is 0 Å². The van der Waals surface area contributed by atoms with Crippen LogP contribution in [0, 0.1) is 0 Å². The molecule has 0 spiro atoms. The molecule has 0 aliphatic rings. The number of rotatable bonds is 3. The van der Waals surface area contributed by atoms with Gasteiger partial charge in [-0.2, -0.15) is 0 Å². The maximum absolute atomic E-state index is 12.0. The summed E-state index contributed by atoms with van der Waals surface area (Å²) in [6, 6.07) is 9.44. The predicted molar refractivity (Wildman–Crippen MR) is 86.1 cm³/mol. The van der Waals surface area contributed by atoms with E-state index in [1.54, 1.807) is 29.8 Å². The molecule has 0 unspecified atom stereocenters. The number of thiophene rings is 1. The number of aromatic nitrogens is 2. The van der Waals surface area contributed by atoms with Gasteiger partial charge in [-0.05, 0) is 42.1 Å². The zero-order chi connectivity index (χ0) is 14.7. The Labute approximate surface area is 126 Å². The topological polar surface area (TPSA) is 54.9 Å². The highest BCUT2D eigenvalue weighted by Gasteiger charge is 2.03. The van der Waals surface area contributed by atoms with Gasteiger partial charge in [-0.1, -0.05) is 6.07 Å². The number of carbonyl (C=O) groups is 1. The Kier molecular flexibility index (Phi) is 3.75. The molecule has 0 aliphatic heterocycles. The zero-order valence-corrected chi connectivity index (χ0v) is 12.2. The average molecular weight is 295 g/mol. The van der Waals surface area contributed by atoms with E-state index in [9.17, 15) is 4.79 Å². The van der Waals surface area contributed by atoms with Crippen molar-refractivity contribution < 1.29 is 4.79 Å². The third-order valence-corrected chi connectivity index (χ3v) is 4.00. The SMILES string of the molecule is CC(=CC(=O)Nc1ccc2nccnc2c1)c1cccs1. The fourth-order valence-electron chi connectivity index (χ4n) is 1.99. The number of anilines is 1. The summed E-state index contributed by atoms with van der Waals surface area (Å²) in [5.41, 5.74) is 3.22. The maximum Gasteiger partial charge on any atom is 0.248 e. The van der Waals surface area contributed by atoms with Crippen molar-refractivity contribution in [3.05, 3.63) is 59.1 Å². The standard InChI is InChI=1S/C16H13N3OS/c1-11(15-3-2-8-21-15)9-16(20)19-12-4-5-13-14(10-12)18-7-6-17-13/h2-10H,1H3,(H,19,20). The Hall–Kier alpha value is -2.53. The Morgan fingerprint density at radius 3 is 2.76 bits per heavy atom. The van der Waals surface area contributed by atoms with Gasteiger partial charge in [0.25, 0.3) is 0 Å². The van der Waals surface area contributed by atoms with Gasteiger partial charge in [0, 0.05) is 29.0 Å². The van der Waals surface area contributed by atoms with Gasteiger partial charge in [0.1, 0.15) is 0 Å². The fourth-order valence-corrected chi connectivity index (χ4v) is 2.70. The van der Waals surface area contributed by atoms with Crippen LogP contribution in [0.15, 0.2) is 54.2 Å². The number of amides is 1. The largest absolute Gasteiger partial charge is 0.322 e. The molecule has 0 radical (unpaired) electrons. The van der Waals surface area contributed by atoms with Crippen molar-refractivity contribution in [3.63, 3.8) is 0 Å². The lowest BCUT2D eigenvalue weighted by Gasteiger charge is -2.04. The van der Waals surface area contributed by atoms with Crippen LogP contribution in [0.1, 0.15) is 11.8 Å². The van der Waals surface area contributed by atoms with Crippen molar-refractivity contribution in [1.82, 2.24) is 9.97 Å². The zero-order valence-electron chi connectivity index (χ0n) is 11.4. The first-order valence-corrected chi connectivity index (χ1v) is 7.34. The summed E-state index contributed by atoms with van der Waals surface area (Å²) in [5, 5.41) is 4.84. The van der Waals surface area contributed by atoms with E-state index in [-0.39, 0.29) is 5.91 Å². The monoisotopic (exact) mass is 295 g/mol. The molecule has 0 saturated carbocycles. The number of carbonyl (C=O) groups excluding carboxylic acids is 1. The lowest BCUT2D eigenvalue weighted by Crippen LogP contribution is -2.08. The molecule has 3 aromatic rings. The Morgan fingerprint density at radius 2 is 2.00 bits per heavy atom. The van der Waals surface area contributed by atoms with Crippen LogP contribution in [0.4, 0.5) is 5.69 Å². The second-order valence-corrected chi connectivity index (χ2v) is 5.50. The van der Waals surface area contributed by atoms with Crippen LogP contribution in [-0.2, 0) is 4.79 Å². The minimum atomic E-state index is -0.149. The molecule has 3 rings (SSSR count). The molecule has 0 atom stereocenters. The van der Waals surface area contributed by atoms with Crippen molar-refractivity contribution in [2.45, 2.75) is 6.92 Å². The molecule has 1 N–H and O–H groups in total. The normalized spacial score (nSPS) is 11.6. The highest BCUT2D eigenvalue weighted by molar-refractivity contribution is 7.11. The van der Waals surface area contributed by atoms with E-state index in [1.165, 1.54) is 0 Å². The van der Waals surface area contributed by atoms with Gasteiger partial charge in [-0.25, -0.2) is 0 Å². The number of benzene rings is 1. The second kappa shape index (κ2) is 5.85. The van der Waals surface area contributed by atoms with Crippen molar-refractivity contribution in [1.29, 1.82) is 0 Å². The molecule has 5 heteroatoms. The number of fused-ring (bicyclic) bond motifs is 1. The summed E-state index contributed by atoms with van der Waals surface area (Å²) in [6.07, 6.45) is 4.88. The van der Waals surface area contributed by atoms with Gasteiger partial charge in [0.05, 0.1) is 11.0 Å². The minimum absolute atomic E-state index is 0.149. The van der Waals surface area contributed by atoms with Gasteiger partial charge in [-0.15, -0.1) is 11.3 Å². The molecular formula is C16H13N3OS. The van der Waals surface area contributed by atoms with Gasteiger partial charge in [-0.3, -0.25) is 14.8 Å². The average Bonchev–Trinajstić information content (AvgIpc) is 3.01. The first-order chi connectivity index (χ1) is 10.2. The first kappa shape index (κ1) is 13.5. The summed E-state index contributed by atoms with van der Waals surface area (Å²) in [5.74, 6) is -0.149. The number of allylic oxidation sites excluding steroid dienone is 1. The predicted octanol–water partition coefficient (Wildman–Crippen LogP) is 3.73. The van der Waals surface area contributed by atoms with Crippen LogP contribution in [0.2, 0.25) is 0 Å². The van der Waals surface area contributed by atoms with Crippen LogP contribution >= 0.6 is 11.3 Å². The van der Waals surface area contributed by atoms with E-state index in [0.717, 1.165) is 21.5 Å². The van der Waals surface area contributed by atoms with E-state index in [2.05, 4.69) is 15.3 Å². The van der Waals surface area contributed by atoms with E-state index in [1.807, 2.05) is 42.6 Å². The molecule has 0 bridgehead atoms. The Bertz CT molecular complexity index is 809. The molecular weight excluding hydrogens is 282 g/mol. The van der Waals surface area contributed by atoms with Gasteiger partial charge < -0.3 is 5.32 Å². The summed E-state index contributed by atoms with van der Waals surface area (Å²) >= 11 is 1.61. The van der Waals surface area contributed by atoms with Crippen molar-refractivity contribution in [2.24, 2.45) is 0 Å². The van der Waals surface area contributed by atoms with E-state index in [4.69, 9.17) is 0 Å². The highest BCUT2D eigenvalue weighted by Crippen LogP contribution is 2.20. The summed E-state index contributed by atoms with van der Waals surface area (Å²) in [6.45, 7) is 1.93. The maximum atomic E-state index is 12.0. The van der Waals surface area contributed by atoms with Crippen LogP contribution in [0.3, 0.4) is 0 Å². The number of nitrogens with one attached hydrogen (secondary N) is 1. The van der Waals surface area contributed by atoms with Crippen molar-refractivity contribution >= 4 is 39.5 Å². The number of nitrogens with zero attached hydrogens (tertiary/aromatic N) is 2. The Morgan fingerprint density at radius 1 is 1.19 bits per heavy atom. The van der Waals surface area contributed by atoms with Crippen LogP contribution < -0.4 is 5.32 Å². The summed E-state index contributed by atoms with van der Waals surface area (Å²) in [7, 11) is 0. The van der Waals surface area contributed by atoms with Gasteiger partial charge in [0.15, 0.2) is 0 Å². The summed E-state index contributed by atoms with van der Waals surface area (Å²) < 4.78 is 0.